The molecule has 15 heavy (non-hydrogen) atoms. The molecular formula is C10H21N3O2. The van der Waals surface area contributed by atoms with Crippen LogP contribution in [0.2, 0.25) is 0 Å². The summed E-state index contributed by atoms with van der Waals surface area (Å²) in [6, 6.07) is 0.0521. The Morgan fingerprint density at radius 2 is 2.00 bits per heavy atom. The first kappa shape index (κ1) is 12.4. The number of nitrogens with zero attached hydrogens (tertiary/aromatic N) is 1. The van der Waals surface area contributed by atoms with Crippen LogP contribution in [0.25, 0.3) is 0 Å². The van der Waals surface area contributed by atoms with Crippen LogP contribution in [0.1, 0.15) is 20.3 Å². The van der Waals surface area contributed by atoms with Crippen molar-refractivity contribution in [2.75, 3.05) is 19.6 Å². The minimum atomic E-state index is -0.294. The molecule has 1 heterocycles. The molecule has 0 bridgehead atoms. The lowest BCUT2D eigenvalue weighted by Crippen LogP contribution is -2.53. The number of amides is 1. The maximum absolute atomic E-state index is 10.9. The highest BCUT2D eigenvalue weighted by Gasteiger charge is 2.27. The van der Waals surface area contributed by atoms with Crippen LogP contribution in [0.3, 0.4) is 0 Å². The molecule has 0 saturated carbocycles. The summed E-state index contributed by atoms with van der Waals surface area (Å²) < 4.78 is 5.62. The predicted octanol–water partition coefficient (Wildman–Crippen LogP) is -0.702. The molecule has 0 spiro atoms. The third kappa shape index (κ3) is 3.77. The van der Waals surface area contributed by atoms with Gasteiger partial charge in [0.25, 0.3) is 0 Å². The molecule has 0 aromatic heterocycles. The predicted molar refractivity (Wildman–Crippen MR) is 58.2 cm³/mol. The first-order chi connectivity index (χ1) is 7.02. The van der Waals surface area contributed by atoms with Gasteiger partial charge in [-0.2, -0.15) is 0 Å². The molecule has 1 aliphatic heterocycles. The largest absolute Gasteiger partial charge is 0.373 e. The summed E-state index contributed by atoms with van der Waals surface area (Å²) in [5.74, 6) is -0.294. The van der Waals surface area contributed by atoms with Crippen molar-refractivity contribution in [1.29, 1.82) is 0 Å². The number of ether oxygens (including phenoxy) is 1. The van der Waals surface area contributed by atoms with E-state index in [1.807, 2.05) is 13.8 Å². The second-order valence-corrected chi connectivity index (χ2v) is 4.27. The maximum atomic E-state index is 10.9. The van der Waals surface area contributed by atoms with Gasteiger partial charge in [-0.05, 0) is 13.8 Å². The normalized spacial score (nSPS) is 30.1. The Balaban J connectivity index is 2.54. The van der Waals surface area contributed by atoms with E-state index in [0.717, 1.165) is 13.1 Å². The van der Waals surface area contributed by atoms with E-state index in [0.29, 0.717) is 13.0 Å². The highest BCUT2D eigenvalue weighted by Crippen LogP contribution is 2.14. The molecule has 0 radical (unpaired) electrons. The van der Waals surface area contributed by atoms with Crippen LogP contribution in [-0.2, 0) is 9.53 Å². The van der Waals surface area contributed by atoms with Gasteiger partial charge in [0.1, 0.15) is 0 Å². The molecule has 1 rings (SSSR count). The molecule has 1 saturated heterocycles. The third-order valence-corrected chi connectivity index (χ3v) is 2.67. The fraction of sp³-hybridized carbons (Fsp3) is 0.900. The average molecular weight is 215 g/mol. The fourth-order valence-corrected chi connectivity index (χ4v) is 2.11. The second-order valence-electron chi connectivity index (χ2n) is 4.27. The third-order valence-electron chi connectivity index (χ3n) is 2.67. The van der Waals surface area contributed by atoms with Crippen molar-refractivity contribution in [2.45, 2.75) is 38.5 Å². The van der Waals surface area contributed by atoms with Crippen LogP contribution >= 0.6 is 0 Å². The summed E-state index contributed by atoms with van der Waals surface area (Å²) in [7, 11) is 0. The van der Waals surface area contributed by atoms with E-state index in [1.165, 1.54) is 0 Å². The van der Waals surface area contributed by atoms with Crippen LogP contribution < -0.4 is 11.5 Å². The molecule has 5 heteroatoms. The summed E-state index contributed by atoms with van der Waals surface area (Å²) in [5, 5.41) is 0. The molecule has 88 valence electrons. The van der Waals surface area contributed by atoms with E-state index in [2.05, 4.69) is 4.90 Å². The highest BCUT2D eigenvalue weighted by atomic mass is 16.5. The highest BCUT2D eigenvalue weighted by molar-refractivity contribution is 5.74. The maximum Gasteiger partial charge on any atom is 0.219 e. The van der Waals surface area contributed by atoms with Gasteiger partial charge in [-0.25, -0.2) is 0 Å². The van der Waals surface area contributed by atoms with Crippen molar-refractivity contribution >= 4 is 5.91 Å². The van der Waals surface area contributed by atoms with E-state index in [9.17, 15) is 4.79 Å². The van der Waals surface area contributed by atoms with Gasteiger partial charge in [0.15, 0.2) is 0 Å². The Kier molecular flexibility index (Phi) is 4.50. The Morgan fingerprint density at radius 1 is 1.47 bits per heavy atom. The molecule has 4 N–H and O–H groups in total. The summed E-state index contributed by atoms with van der Waals surface area (Å²) >= 11 is 0. The monoisotopic (exact) mass is 215 g/mol. The number of hydrogen-bond acceptors (Lipinski definition) is 4. The Morgan fingerprint density at radius 3 is 2.40 bits per heavy atom. The zero-order chi connectivity index (χ0) is 11.4. The standard InChI is InChI=1S/C10H21N3O2/c1-7-5-13(6-8(2)15-7)9(4-11)3-10(12)14/h7-9H,3-6,11H2,1-2H3,(H2,12,14)/t7-,8+,9?. The van der Waals surface area contributed by atoms with E-state index < -0.39 is 0 Å². The van der Waals surface area contributed by atoms with E-state index in [-0.39, 0.29) is 24.2 Å². The van der Waals surface area contributed by atoms with Crippen molar-refractivity contribution in [3.8, 4) is 0 Å². The quantitative estimate of drug-likeness (QED) is 0.649. The average Bonchev–Trinajstić information content (AvgIpc) is 2.12. The van der Waals surface area contributed by atoms with Gasteiger partial charge in [-0.15, -0.1) is 0 Å². The smallest absolute Gasteiger partial charge is 0.219 e. The van der Waals surface area contributed by atoms with Gasteiger partial charge >= 0.3 is 0 Å². The van der Waals surface area contributed by atoms with Crippen LogP contribution in [0.5, 0.6) is 0 Å². The summed E-state index contributed by atoms with van der Waals surface area (Å²) in [5.41, 5.74) is 10.8. The number of nitrogens with two attached hydrogens (primary N) is 2. The number of carbonyl (C=O) groups excluding carboxylic acids is 1. The molecule has 0 aromatic carbocycles. The Bertz CT molecular complexity index is 213. The lowest BCUT2D eigenvalue weighted by Gasteiger charge is -2.39. The van der Waals surface area contributed by atoms with Crippen molar-refractivity contribution in [2.24, 2.45) is 11.5 Å². The minimum Gasteiger partial charge on any atom is -0.373 e. The van der Waals surface area contributed by atoms with Crippen LogP contribution in [0.4, 0.5) is 0 Å². The SMILES string of the molecule is C[C@@H]1CN(C(CN)CC(N)=O)C[C@H](C)O1. The zero-order valence-electron chi connectivity index (χ0n) is 9.48. The van der Waals surface area contributed by atoms with Gasteiger partial charge in [-0.3, -0.25) is 9.69 Å². The van der Waals surface area contributed by atoms with Gasteiger partial charge in [-0.1, -0.05) is 0 Å². The molecule has 0 aliphatic carbocycles. The van der Waals surface area contributed by atoms with Crippen molar-refractivity contribution in [1.82, 2.24) is 4.90 Å². The van der Waals surface area contributed by atoms with Crippen LogP contribution in [0.15, 0.2) is 0 Å². The Labute approximate surface area is 90.7 Å². The van der Waals surface area contributed by atoms with E-state index in [4.69, 9.17) is 16.2 Å². The van der Waals surface area contributed by atoms with Gasteiger partial charge in [0, 0.05) is 32.1 Å². The van der Waals surface area contributed by atoms with Crippen LogP contribution in [0, 0.1) is 0 Å². The molecule has 1 fully saturated rings. The molecule has 5 nitrogen and oxygen atoms in total. The van der Waals surface area contributed by atoms with Gasteiger partial charge in [0.05, 0.1) is 12.2 Å². The lowest BCUT2D eigenvalue weighted by atomic mass is 10.1. The van der Waals surface area contributed by atoms with E-state index in [1.54, 1.807) is 0 Å². The number of primary amides is 1. The first-order valence-electron chi connectivity index (χ1n) is 5.40. The number of hydrogen-bond donors (Lipinski definition) is 2. The summed E-state index contributed by atoms with van der Waals surface area (Å²) in [6.07, 6.45) is 0.710. The van der Waals surface area contributed by atoms with Gasteiger partial charge in [0.2, 0.25) is 5.91 Å². The van der Waals surface area contributed by atoms with Gasteiger partial charge < -0.3 is 16.2 Å². The molecular weight excluding hydrogens is 194 g/mol. The number of carbonyl (C=O) groups is 1. The van der Waals surface area contributed by atoms with Crippen LogP contribution in [-0.4, -0.2) is 48.7 Å². The summed E-state index contributed by atoms with van der Waals surface area (Å²) in [6.45, 7) is 6.16. The summed E-state index contributed by atoms with van der Waals surface area (Å²) in [4.78, 5) is 13.1. The first-order valence-corrected chi connectivity index (χ1v) is 5.40. The molecule has 1 amide bonds. The number of morpholine rings is 1. The van der Waals surface area contributed by atoms with Crippen molar-refractivity contribution in [3.63, 3.8) is 0 Å². The topological polar surface area (TPSA) is 81.6 Å². The van der Waals surface area contributed by atoms with Crippen molar-refractivity contribution in [3.05, 3.63) is 0 Å². The lowest BCUT2D eigenvalue weighted by molar-refractivity contribution is -0.121. The fourth-order valence-electron chi connectivity index (χ4n) is 2.11. The Hall–Kier alpha value is -0.650. The molecule has 1 aliphatic rings. The number of rotatable bonds is 4. The molecule has 0 aromatic rings. The van der Waals surface area contributed by atoms with E-state index >= 15 is 0 Å². The minimum absolute atomic E-state index is 0.0521. The van der Waals surface area contributed by atoms with Crippen molar-refractivity contribution < 1.29 is 9.53 Å². The zero-order valence-corrected chi connectivity index (χ0v) is 9.48. The molecule has 1 unspecified atom stereocenters. The molecule has 3 atom stereocenters. The second kappa shape index (κ2) is 5.44.